The minimum atomic E-state index is -0.144. The summed E-state index contributed by atoms with van der Waals surface area (Å²) in [5.41, 5.74) is 2.54. The molecule has 0 aliphatic heterocycles. The summed E-state index contributed by atoms with van der Waals surface area (Å²) in [5.74, 6) is 0.524. The van der Waals surface area contributed by atoms with Gasteiger partial charge < -0.3 is 10.1 Å². The maximum Gasteiger partial charge on any atom is 0.411 e. The molecule has 1 saturated carbocycles. The third-order valence-corrected chi connectivity index (χ3v) is 6.10. The first-order valence-corrected chi connectivity index (χ1v) is 12.7. The average Bonchev–Trinajstić information content (AvgIpc) is 2.82. The molecule has 7 heteroatoms. The highest BCUT2D eigenvalue weighted by molar-refractivity contribution is 7.98. The Morgan fingerprint density at radius 3 is 2.72 bits per heavy atom. The molecule has 2 rings (SSSR count). The summed E-state index contributed by atoms with van der Waals surface area (Å²) < 4.78 is 7.65. The molecule has 0 spiro atoms. The zero-order valence-electron chi connectivity index (χ0n) is 19.9. The second-order valence-electron chi connectivity index (χ2n) is 7.85. The van der Waals surface area contributed by atoms with Crippen LogP contribution in [-0.4, -0.2) is 52.7 Å². The lowest BCUT2D eigenvalue weighted by Gasteiger charge is -2.23. The largest absolute Gasteiger partial charge is 0.411 e. The van der Waals surface area contributed by atoms with Crippen LogP contribution in [0.1, 0.15) is 64.9 Å². The van der Waals surface area contributed by atoms with Crippen LogP contribution >= 0.6 is 11.8 Å². The van der Waals surface area contributed by atoms with E-state index in [0.29, 0.717) is 25.1 Å². The molecular weight excluding hydrogens is 420 g/mol. The fourth-order valence-corrected chi connectivity index (χ4v) is 4.13. The Morgan fingerprint density at radius 1 is 1.31 bits per heavy atom. The van der Waals surface area contributed by atoms with E-state index >= 15 is 0 Å². The molecule has 1 aliphatic carbocycles. The van der Waals surface area contributed by atoms with Gasteiger partial charge in [0.1, 0.15) is 30.4 Å². The molecule has 1 fully saturated rings. The van der Waals surface area contributed by atoms with Gasteiger partial charge in [-0.3, -0.25) is 0 Å². The van der Waals surface area contributed by atoms with Crippen molar-refractivity contribution in [3.05, 3.63) is 41.9 Å². The summed E-state index contributed by atoms with van der Waals surface area (Å²) in [5, 5.41) is 4.27. The van der Waals surface area contributed by atoms with Crippen molar-refractivity contribution in [1.82, 2.24) is 9.97 Å². The van der Waals surface area contributed by atoms with Crippen LogP contribution in [0.2, 0.25) is 0 Å². The highest BCUT2D eigenvalue weighted by Gasteiger charge is 2.19. The lowest BCUT2D eigenvalue weighted by atomic mass is 9.98. The third kappa shape index (κ3) is 8.02. The van der Waals surface area contributed by atoms with Gasteiger partial charge in [-0.1, -0.05) is 38.3 Å². The Morgan fingerprint density at radius 2 is 2.06 bits per heavy atom. The number of likely N-dealkylation sites (N-methyl/N-ethyl adjacent to an activating group) is 1. The minimum absolute atomic E-state index is 0.144. The van der Waals surface area contributed by atoms with Crippen molar-refractivity contribution in [3.63, 3.8) is 0 Å². The smallest absolute Gasteiger partial charge is 0.372 e. The van der Waals surface area contributed by atoms with E-state index in [0.717, 1.165) is 41.1 Å². The molecule has 32 heavy (non-hydrogen) atoms. The van der Waals surface area contributed by atoms with Gasteiger partial charge >= 0.3 is 5.91 Å². The number of carbonyl (C=O) groups excluding carboxylic acids is 1. The number of thioether (sulfide) groups is 1. The lowest BCUT2D eigenvalue weighted by Crippen LogP contribution is -2.20. The van der Waals surface area contributed by atoms with Gasteiger partial charge in [-0.2, -0.15) is 4.58 Å². The number of nitrogens with zero attached hydrogens (tertiary/aromatic N) is 3. The van der Waals surface area contributed by atoms with Gasteiger partial charge in [0.15, 0.2) is 0 Å². The fourth-order valence-electron chi connectivity index (χ4n) is 3.52. The van der Waals surface area contributed by atoms with Crippen LogP contribution in [0.25, 0.3) is 5.57 Å². The van der Waals surface area contributed by atoms with E-state index in [4.69, 9.17) is 4.74 Å². The first-order chi connectivity index (χ1) is 15.5. The summed E-state index contributed by atoms with van der Waals surface area (Å²) in [6.07, 6.45) is 18.6. The third-order valence-electron chi connectivity index (χ3n) is 5.41. The van der Waals surface area contributed by atoms with Gasteiger partial charge in [0.25, 0.3) is 0 Å². The molecule has 1 aliphatic rings. The number of amides is 1. The van der Waals surface area contributed by atoms with Gasteiger partial charge in [-0.25, -0.2) is 14.8 Å². The van der Waals surface area contributed by atoms with Crippen molar-refractivity contribution in [3.8, 4) is 0 Å². The molecule has 6 nitrogen and oxygen atoms in total. The number of hydrogen-bond donors (Lipinski definition) is 1. The van der Waals surface area contributed by atoms with Gasteiger partial charge in [0.05, 0.1) is 24.4 Å². The molecule has 0 atom stereocenters. The second kappa shape index (κ2) is 14.0. The Balaban J connectivity index is 2.32. The summed E-state index contributed by atoms with van der Waals surface area (Å²) in [6.45, 7) is 10.7. The molecule has 1 aromatic rings. The predicted molar refractivity (Wildman–Crippen MR) is 134 cm³/mol. The molecule has 1 heterocycles. The minimum Gasteiger partial charge on any atom is -0.372 e. The van der Waals surface area contributed by atoms with E-state index in [2.05, 4.69) is 35.0 Å². The zero-order valence-corrected chi connectivity index (χ0v) is 20.7. The first-order valence-electron chi connectivity index (χ1n) is 11.4. The molecule has 0 bridgehead atoms. The number of ether oxygens (including phenoxy) is 1. The number of hydrogen-bond acceptors (Lipinski definition) is 6. The van der Waals surface area contributed by atoms with E-state index in [1.165, 1.54) is 35.6 Å². The van der Waals surface area contributed by atoms with E-state index in [-0.39, 0.29) is 5.91 Å². The van der Waals surface area contributed by atoms with Crippen molar-refractivity contribution in [2.45, 2.75) is 70.4 Å². The average molecular weight is 458 g/mol. The van der Waals surface area contributed by atoms with Crippen LogP contribution < -0.4 is 5.32 Å². The monoisotopic (exact) mass is 457 g/mol. The van der Waals surface area contributed by atoms with Crippen LogP contribution in [0.3, 0.4) is 0 Å². The molecule has 174 valence electrons. The summed E-state index contributed by atoms with van der Waals surface area (Å²) in [4.78, 5) is 21.3. The summed E-state index contributed by atoms with van der Waals surface area (Å²) in [7, 11) is 0. The highest BCUT2D eigenvalue weighted by Crippen LogP contribution is 2.31. The van der Waals surface area contributed by atoms with E-state index < -0.39 is 0 Å². The number of carbonyl (C=O) groups is 1. The Bertz CT molecular complexity index is 871. The van der Waals surface area contributed by atoms with E-state index in [9.17, 15) is 4.79 Å². The molecule has 1 amide bonds. The predicted octanol–water partition coefficient (Wildman–Crippen LogP) is 5.47. The van der Waals surface area contributed by atoms with Crippen molar-refractivity contribution < 1.29 is 14.1 Å². The topological polar surface area (TPSA) is 67.1 Å². The van der Waals surface area contributed by atoms with Crippen LogP contribution in [-0.2, 0) is 9.53 Å². The summed E-state index contributed by atoms with van der Waals surface area (Å²) in [6, 6.07) is 0. The Hall–Kier alpha value is -2.25. The number of anilines is 1. The van der Waals surface area contributed by atoms with Gasteiger partial charge in [-0.05, 0) is 51.0 Å². The van der Waals surface area contributed by atoms with Crippen LogP contribution in [0.4, 0.5) is 5.82 Å². The normalized spacial score (nSPS) is 15.9. The molecule has 0 unspecified atom stereocenters. The van der Waals surface area contributed by atoms with Crippen LogP contribution in [0.5, 0.6) is 0 Å². The first kappa shape index (κ1) is 26.0. The summed E-state index contributed by atoms with van der Waals surface area (Å²) >= 11 is 1.53. The lowest BCUT2D eigenvalue weighted by molar-refractivity contribution is -0.431. The maximum absolute atomic E-state index is 12.4. The number of nitrogens with one attached hydrogen (secondary N) is 1. The highest BCUT2D eigenvalue weighted by atomic mass is 32.2. The molecule has 1 N–H and O–H groups in total. The number of rotatable bonds is 11. The van der Waals surface area contributed by atoms with Crippen LogP contribution in [0.15, 0.2) is 41.4 Å². The van der Waals surface area contributed by atoms with Gasteiger partial charge in [-0.15, -0.1) is 11.8 Å². The number of allylic oxidation sites excluding steroid dienone is 4. The van der Waals surface area contributed by atoms with Gasteiger partial charge in [0, 0.05) is 5.70 Å². The van der Waals surface area contributed by atoms with Crippen molar-refractivity contribution in [2.24, 2.45) is 0 Å². The molecule has 1 aromatic heterocycles. The molecule has 0 saturated heterocycles. The van der Waals surface area contributed by atoms with Crippen LogP contribution in [0, 0.1) is 0 Å². The van der Waals surface area contributed by atoms with Crippen molar-refractivity contribution >= 4 is 35.8 Å². The fraction of sp³-hybridized carbons (Fsp3) is 0.520. The molecule has 0 radical (unpaired) electrons. The second-order valence-corrected chi connectivity index (χ2v) is 8.65. The SMILES string of the molecule is C=[N+](CC)C(=O)C=C(C)c1c(NC(=CC=CCC)COC2CCCCC2)ncnc1SC. The zero-order chi connectivity index (χ0) is 23.3. The van der Waals surface area contributed by atoms with Crippen molar-refractivity contribution in [1.29, 1.82) is 0 Å². The maximum atomic E-state index is 12.4. The van der Waals surface area contributed by atoms with Gasteiger partial charge in [0.2, 0.25) is 0 Å². The quantitative estimate of drug-likeness (QED) is 0.119. The number of aromatic nitrogens is 2. The Kier molecular flexibility index (Phi) is 11.4. The standard InChI is InChI=1S/C25H36N4O2S/c1-6-8-10-13-20(17-31-21-14-11-9-12-15-21)28-24-23(25(32-5)27-18-26-24)19(3)16-22(30)29(4)7-2/h8,10,13,16,18,21H,4,6-7,9,11-12,14-15,17H2,1-3,5H3/p+1. The van der Waals surface area contributed by atoms with E-state index in [1.54, 1.807) is 12.4 Å². The van der Waals surface area contributed by atoms with Crippen molar-refractivity contribution in [2.75, 3.05) is 24.7 Å². The Labute approximate surface area is 197 Å². The molecular formula is C25H37N4O2S+. The molecule has 0 aromatic carbocycles. The van der Waals surface area contributed by atoms with E-state index in [1.807, 2.05) is 32.3 Å².